The number of anilines is 1. The second kappa shape index (κ2) is 6.38. The minimum atomic E-state index is -1.14. The van der Waals surface area contributed by atoms with Crippen LogP contribution in [0.25, 0.3) is 0 Å². The van der Waals surface area contributed by atoms with Crippen molar-refractivity contribution in [1.82, 2.24) is 15.0 Å². The van der Waals surface area contributed by atoms with Crippen LogP contribution in [0.2, 0.25) is 0 Å². The molecule has 1 aromatic heterocycles. The number of nitrogens with one attached hydrogen (secondary N) is 1. The van der Waals surface area contributed by atoms with E-state index in [1.54, 1.807) is 6.92 Å². The normalized spacial score (nSPS) is 10.5. The van der Waals surface area contributed by atoms with Crippen LogP contribution >= 0.6 is 0 Å². The van der Waals surface area contributed by atoms with E-state index in [4.69, 9.17) is 5.11 Å². The molecule has 0 saturated heterocycles. The third kappa shape index (κ3) is 3.49. The molecule has 1 amide bonds. The van der Waals surface area contributed by atoms with Crippen molar-refractivity contribution >= 4 is 17.6 Å². The summed E-state index contributed by atoms with van der Waals surface area (Å²) in [4.78, 5) is 23.1. The number of carbonyl (C=O) groups is 2. The van der Waals surface area contributed by atoms with Gasteiger partial charge < -0.3 is 10.4 Å². The number of aryl methyl sites for hydroxylation is 2. The Hall–Kier alpha value is -2.70. The van der Waals surface area contributed by atoms with Gasteiger partial charge >= 0.3 is 5.97 Å². The Bertz CT molecular complexity index is 701. The van der Waals surface area contributed by atoms with Crippen molar-refractivity contribution in [2.75, 3.05) is 5.32 Å². The number of carboxylic acids is 1. The third-order valence-corrected chi connectivity index (χ3v) is 3.17. The second-order valence-electron chi connectivity index (χ2n) is 5.13. The van der Waals surface area contributed by atoms with Crippen LogP contribution in [0.15, 0.2) is 18.2 Å². The number of nitrogens with zero attached hydrogens (tertiary/aromatic N) is 3. The number of amides is 1. The number of rotatable bonds is 5. The highest BCUT2D eigenvalue weighted by atomic mass is 16.4. The number of carbonyl (C=O) groups excluding carboxylic acids is 1. The molecule has 0 aliphatic rings. The molecule has 0 unspecified atom stereocenters. The van der Waals surface area contributed by atoms with Crippen molar-refractivity contribution in [3.05, 3.63) is 40.7 Å². The van der Waals surface area contributed by atoms with Gasteiger partial charge in [0.15, 0.2) is 5.69 Å². The Morgan fingerprint density at radius 2 is 1.86 bits per heavy atom. The van der Waals surface area contributed by atoms with Crippen LogP contribution in [-0.2, 0) is 17.8 Å². The van der Waals surface area contributed by atoms with Gasteiger partial charge in [0.25, 0.3) is 0 Å². The Morgan fingerprint density at radius 3 is 2.41 bits per heavy atom. The molecule has 22 heavy (non-hydrogen) atoms. The van der Waals surface area contributed by atoms with Crippen LogP contribution in [0, 0.1) is 13.8 Å². The summed E-state index contributed by atoms with van der Waals surface area (Å²) in [6.45, 7) is 5.63. The Kier molecular flexibility index (Phi) is 4.55. The first kappa shape index (κ1) is 15.7. The van der Waals surface area contributed by atoms with E-state index < -0.39 is 5.97 Å². The van der Waals surface area contributed by atoms with Gasteiger partial charge in [-0.15, -0.1) is 5.10 Å². The predicted octanol–water partition coefficient (Wildman–Crippen LogP) is 1.79. The number of hydrogen-bond acceptors (Lipinski definition) is 4. The lowest BCUT2D eigenvalue weighted by atomic mass is 10.1. The monoisotopic (exact) mass is 302 g/mol. The number of hydrogen-bond donors (Lipinski definition) is 2. The number of aromatic nitrogens is 3. The van der Waals surface area contributed by atoms with Crippen LogP contribution in [0.3, 0.4) is 0 Å². The molecule has 1 aromatic carbocycles. The van der Waals surface area contributed by atoms with E-state index in [-0.39, 0.29) is 18.1 Å². The zero-order chi connectivity index (χ0) is 16.3. The van der Waals surface area contributed by atoms with Gasteiger partial charge in [-0.3, -0.25) is 4.79 Å². The summed E-state index contributed by atoms with van der Waals surface area (Å²) < 4.78 is 1.32. The van der Waals surface area contributed by atoms with Crippen LogP contribution in [0.5, 0.6) is 0 Å². The summed E-state index contributed by atoms with van der Waals surface area (Å²) in [6, 6.07) is 5.76. The van der Waals surface area contributed by atoms with Gasteiger partial charge in [-0.2, -0.15) is 0 Å². The third-order valence-electron chi connectivity index (χ3n) is 3.17. The largest absolute Gasteiger partial charge is 0.476 e. The van der Waals surface area contributed by atoms with Crippen molar-refractivity contribution in [3.63, 3.8) is 0 Å². The van der Waals surface area contributed by atoms with Gasteiger partial charge in [0.05, 0.1) is 5.69 Å². The minimum Gasteiger partial charge on any atom is -0.476 e. The first-order valence-corrected chi connectivity index (χ1v) is 6.94. The topological polar surface area (TPSA) is 97.1 Å². The molecule has 1 heterocycles. The maximum Gasteiger partial charge on any atom is 0.358 e. The van der Waals surface area contributed by atoms with Crippen LogP contribution < -0.4 is 5.32 Å². The van der Waals surface area contributed by atoms with Gasteiger partial charge in [0.2, 0.25) is 5.91 Å². The Labute approximate surface area is 128 Å². The maximum absolute atomic E-state index is 12.1. The lowest BCUT2D eigenvalue weighted by Crippen LogP contribution is -2.21. The number of benzene rings is 1. The van der Waals surface area contributed by atoms with E-state index in [2.05, 4.69) is 15.6 Å². The average molecular weight is 302 g/mol. The molecule has 2 N–H and O–H groups in total. The van der Waals surface area contributed by atoms with E-state index in [1.807, 2.05) is 32.0 Å². The summed E-state index contributed by atoms with van der Waals surface area (Å²) in [5.41, 5.74) is 3.14. The average Bonchev–Trinajstić information content (AvgIpc) is 2.79. The molecular formula is C15H18N4O3. The van der Waals surface area contributed by atoms with E-state index in [0.29, 0.717) is 17.8 Å². The highest BCUT2D eigenvalue weighted by molar-refractivity contribution is 5.91. The van der Waals surface area contributed by atoms with E-state index in [1.165, 1.54) is 4.68 Å². The van der Waals surface area contributed by atoms with Gasteiger partial charge in [-0.25, -0.2) is 9.48 Å². The number of aromatic carboxylic acids is 1. The molecule has 0 atom stereocenters. The maximum atomic E-state index is 12.1. The number of carboxylic acid groups (broad SMARTS) is 1. The Morgan fingerprint density at radius 1 is 1.23 bits per heavy atom. The van der Waals surface area contributed by atoms with Gasteiger partial charge in [0, 0.05) is 5.69 Å². The molecule has 7 heteroatoms. The van der Waals surface area contributed by atoms with Crippen LogP contribution in [-0.4, -0.2) is 32.0 Å². The van der Waals surface area contributed by atoms with E-state index in [0.717, 1.165) is 11.1 Å². The summed E-state index contributed by atoms with van der Waals surface area (Å²) in [5, 5.41) is 19.2. The van der Waals surface area contributed by atoms with Crippen molar-refractivity contribution in [3.8, 4) is 0 Å². The molecule has 0 radical (unpaired) electrons. The first-order valence-electron chi connectivity index (χ1n) is 6.94. The molecule has 7 nitrogen and oxygen atoms in total. The summed E-state index contributed by atoms with van der Waals surface area (Å²) >= 11 is 0. The van der Waals surface area contributed by atoms with Crippen molar-refractivity contribution in [2.24, 2.45) is 0 Å². The highest BCUT2D eigenvalue weighted by Gasteiger charge is 2.18. The van der Waals surface area contributed by atoms with Crippen molar-refractivity contribution in [1.29, 1.82) is 0 Å². The fourth-order valence-electron chi connectivity index (χ4n) is 2.36. The minimum absolute atomic E-state index is 0.0730. The zero-order valence-corrected chi connectivity index (χ0v) is 12.8. The Balaban J connectivity index is 2.14. The van der Waals surface area contributed by atoms with Crippen molar-refractivity contribution in [2.45, 2.75) is 33.7 Å². The molecule has 2 rings (SSSR count). The molecule has 0 saturated carbocycles. The second-order valence-corrected chi connectivity index (χ2v) is 5.13. The molecule has 2 aromatic rings. The van der Waals surface area contributed by atoms with Gasteiger partial charge in [-0.05, 0) is 43.5 Å². The van der Waals surface area contributed by atoms with Gasteiger partial charge in [0.1, 0.15) is 6.54 Å². The van der Waals surface area contributed by atoms with Crippen LogP contribution in [0.1, 0.15) is 34.2 Å². The molecule has 0 fully saturated rings. The quantitative estimate of drug-likeness (QED) is 0.877. The predicted molar refractivity (Wildman–Crippen MR) is 80.9 cm³/mol. The summed E-state index contributed by atoms with van der Waals surface area (Å²) in [5.74, 6) is -1.42. The lowest BCUT2D eigenvalue weighted by molar-refractivity contribution is -0.117. The fraction of sp³-hybridized carbons (Fsp3) is 0.333. The highest BCUT2D eigenvalue weighted by Crippen LogP contribution is 2.14. The van der Waals surface area contributed by atoms with Gasteiger partial charge in [-0.1, -0.05) is 18.2 Å². The van der Waals surface area contributed by atoms with E-state index >= 15 is 0 Å². The molecule has 0 spiro atoms. The SMILES string of the molecule is CCc1c(C(=O)O)nnn1CC(=O)Nc1cc(C)cc(C)c1. The standard InChI is InChI=1S/C15H18N4O3/c1-4-12-14(15(21)22)17-18-19(12)8-13(20)16-11-6-9(2)5-10(3)7-11/h5-7H,4,8H2,1-3H3,(H,16,20)(H,21,22). The van der Waals surface area contributed by atoms with Crippen LogP contribution in [0.4, 0.5) is 5.69 Å². The molecule has 0 bridgehead atoms. The molecule has 116 valence electrons. The summed E-state index contributed by atoms with van der Waals surface area (Å²) in [7, 11) is 0. The zero-order valence-electron chi connectivity index (χ0n) is 12.8. The smallest absolute Gasteiger partial charge is 0.358 e. The molecule has 0 aliphatic carbocycles. The lowest BCUT2D eigenvalue weighted by Gasteiger charge is -2.09. The molecular weight excluding hydrogens is 284 g/mol. The van der Waals surface area contributed by atoms with Crippen molar-refractivity contribution < 1.29 is 14.7 Å². The first-order chi connectivity index (χ1) is 10.4. The fourth-order valence-corrected chi connectivity index (χ4v) is 2.36. The molecule has 0 aliphatic heterocycles. The summed E-state index contributed by atoms with van der Waals surface area (Å²) in [6.07, 6.45) is 0.436. The van der Waals surface area contributed by atoms with E-state index in [9.17, 15) is 9.59 Å².